The van der Waals surface area contributed by atoms with Gasteiger partial charge in [-0.05, 0) is 47.0 Å². The van der Waals surface area contributed by atoms with E-state index in [4.69, 9.17) is 0 Å². The van der Waals surface area contributed by atoms with Gasteiger partial charge in [0, 0.05) is 40.1 Å². The Kier molecular flexibility index (Phi) is 7.58. The molecule has 0 fully saturated rings. The summed E-state index contributed by atoms with van der Waals surface area (Å²) in [7, 11) is 0. The van der Waals surface area contributed by atoms with Crippen molar-refractivity contribution in [3.63, 3.8) is 0 Å². The third-order valence-electron chi connectivity index (χ3n) is 4.50. The van der Waals surface area contributed by atoms with E-state index >= 15 is 0 Å². The molecule has 2 aromatic carbocycles. The van der Waals surface area contributed by atoms with Crippen LogP contribution in [0.4, 0.5) is 0 Å². The van der Waals surface area contributed by atoms with E-state index in [0.717, 1.165) is 40.2 Å². The Labute approximate surface area is 177 Å². The van der Waals surface area contributed by atoms with Gasteiger partial charge in [-0.2, -0.15) is 5.10 Å². The third kappa shape index (κ3) is 6.02. The number of nitrogens with zero attached hydrogens (tertiary/aromatic N) is 1. The highest BCUT2D eigenvalue weighted by Gasteiger charge is 2.08. The molecule has 0 radical (unpaired) electrons. The lowest BCUT2D eigenvalue weighted by Crippen LogP contribution is -2.24. The maximum Gasteiger partial charge on any atom is 0.252 e. The molecule has 3 aromatic rings. The Morgan fingerprint density at radius 3 is 2.69 bits per heavy atom. The number of unbranched alkanes of at least 4 members (excludes halogenated alkanes) is 2. The molecule has 0 saturated heterocycles. The van der Waals surface area contributed by atoms with Crippen LogP contribution in [0.25, 0.3) is 10.9 Å². The fraction of sp³-hybridized carbons (Fsp3) is 0.227. The Morgan fingerprint density at radius 2 is 1.83 bits per heavy atom. The zero-order chi connectivity index (χ0) is 20.5. The van der Waals surface area contributed by atoms with Gasteiger partial charge in [0.15, 0.2) is 0 Å². The molecule has 0 atom stereocenters. The highest BCUT2D eigenvalue weighted by Crippen LogP contribution is 2.16. The lowest BCUT2D eigenvalue weighted by atomic mass is 10.2. The largest absolute Gasteiger partial charge is 0.361 e. The number of halogens is 1. The molecule has 6 nitrogen and oxygen atoms in total. The minimum Gasteiger partial charge on any atom is -0.361 e. The fourth-order valence-corrected chi connectivity index (χ4v) is 3.43. The maximum absolute atomic E-state index is 12.1. The number of hydrazone groups is 1. The Bertz CT molecular complexity index is 1010. The second kappa shape index (κ2) is 10.6. The summed E-state index contributed by atoms with van der Waals surface area (Å²) in [5.41, 5.74) is 5.16. The normalized spacial score (nSPS) is 11.1. The van der Waals surface area contributed by atoms with Gasteiger partial charge in [-0.1, -0.05) is 36.8 Å². The summed E-state index contributed by atoms with van der Waals surface area (Å²) in [5, 5.41) is 8.00. The number of aromatic nitrogens is 1. The Hall–Kier alpha value is -2.93. The van der Waals surface area contributed by atoms with Gasteiger partial charge >= 0.3 is 0 Å². The molecule has 150 valence electrons. The van der Waals surface area contributed by atoms with Crippen molar-refractivity contribution in [3.05, 3.63) is 70.3 Å². The standard InChI is InChI=1S/C22H23BrN4O2/c23-19-10-5-3-9-18(19)22(29)24-13-7-1-2-12-21(28)27-26-15-16-14-25-20-11-6-4-8-17(16)20/h3-6,8-11,14-15,25H,1-2,7,12-13H2,(H,24,29)(H,27,28)/b26-15+. The molecule has 1 aromatic heterocycles. The van der Waals surface area contributed by atoms with E-state index in [1.54, 1.807) is 12.3 Å². The fourth-order valence-electron chi connectivity index (χ4n) is 2.96. The molecule has 0 unspecified atom stereocenters. The predicted molar refractivity (Wildman–Crippen MR) is 119 cm³/mol. The molecule has 3 N–H and O–H groups in total. The number of fused-ring (bicyclic) bond motifs is 1. The smallest absolute Gasteiger partial charge is 0.252 e. The van der Waals surface area contributed by atoms with E-state index in [-0.39, 0.29) is 11.8 Å². The van der Waals surface area contributed by atoms with Crippen LogP contribution in [0, 0.1) is 0 Å². The van der Waals surface area contributed by atoms with Crippen LogP contribution in [0.15, 0.2) is 64.3 Å². The van der Waals surface area contributed by atoms with E-state index in [9.17, 15) is 9.59 Å². The molecule has 0 spiro atoms. The third-order valence-corrected chi connectivity index (χ3v) is 5.19. The van der Waals surface area contributed by atoms with Crippen molar-refractivity contribution in [1.29, 1.82) is 0 Å². The van der Waals surface area contributed by atoms with Crippen LogP contribution < -0.4 is 10.7 Å². The predicted octanol–water partition coefficient (Wildman–Crippen LogP) is 4.37. The summed E-state index contributed by atoms with van der Waals surface area (Å²) >= 11 is 3.37. The first-order chi connectivity index (χ1) is 14.1. The number of nitrogens with one attached hydrogen (secondary N) is 3. The molecule has 0 aliphatic heterocycles. The zero-order valence-corrected chi connectivity index (χ0v) is 17.5. The number of hydrogen-bond acceptors (Lipinski definition) is 3. The molecular formula is C22H23BrN4O2. The topological polar surface area (TPSA) is 86.3 Å². The number of rotatable bonds is 9. The van der Waals surface area contributed by atoms with E-state index in [1.165, 1.54) is 0 Å². The van der Waals surface area contributed by atoms with Crippen LogP contribution >= 0.6 is 15.9 Å². The number of aromatic amines is 1. The first-order valence-electron chi connectivity index (χ1n) is 9.56. The number of H-pyrrole nitrogens is 1. The molecule has 2 amide bonds. The molecule has 7 heteroatoms. The Morgan fingerprint density at radius 1 is 1.03 bits per heavy atom. The van der Waals surface area contributed by atoms with Crippen molar-refractivity contribution in [3.8, 4) is 0 Å². The molecule has 0 saturated carbocycles. The molecular weight excluding hydrogens is 432 g/mol. The van der Waals surface area contributed by atoms with Gasteiger partial charge in [-0.25, -0.2) is 5.43 Å². The molecule has 0 bridgehead atoms. The number of carbonyl (C=O) groups excluding carboxylic acids is 2. The minimum atomic E-state index is -0.113. The first kappa shape index (κ1) is 20.8. The summed E-state index contributed by atoms with van der Waals surface area (Å²) in [6.07, 6.45) is 6.34. The van der Waals surface area contributed by atoms with E-state index in [1.807, 2.05) is 48.7 Å². The summed E-state index contributed by atoms with van der Waals surface area (Å²) in [6.45, 7) is 0.584. The average molecular weight is 455 g/mol. The molecule has 0 aliphatic carbocycles. The molecule has 29 heavy (non-hydrogen) atoms. The van der Waals surface area contributed by atoms with Crippen LogP contribution in [0.5, 0.6) is 0 Å². The maximum atomic E-state index is 12.1. The van der Waals surface area contributed by atoms with E-state index < -0.39 is 0 Å². The van der Waals surface area contributed by atoms with Gasteiger partial charge in [0.2, 0.25) is 5.91 Å². The van der Waals surface area contributed by atoms with E-state index in [0.29, 0.717) is 18.5 Å². The summed E-state index contributed by atoms with van der Waals surface area (Å²) in [6, 6.07) is 15.3. The summed E-state index contributed by atoms with van der Waals surface area (Å²) < 4.78 is 0.780. The first-order valence-corrected chi connectivity index (χ1v) is 10.3. The number of para-hydroxylation sites is 1. The van der Waals surface area contributed by atoms with Crippen LogP contribution in [-0.4, -0.2) is 29.6 Å². The van der Waals surface area contributed by atoms with Crippen molar-refractivity contribution in [2.24, 2.45) is 5.10 Å². The summed E-state index contributed by atoms with van der Waals surface area (Å²) in [4.78, 5) is 27.1. The number of hydrogen-bond donors (Lipinski definition) is 3. The number of carbonyl (C=O) groups is 2. The van der Waals surface area contributed by atoms with E-state index in [2.05, 4.69) is 36.8 Å². The highest BCUT2D eigenvalue weighted by molar-refractivity contribution is 9.10. The average Bonchev–Trinajstić information content (AvgIpc) is 3.14. The SMILES string of the molecule is O=C(CCCCCNC(=O)c1ccccc1Br)N/N=C/c1c[nH]c2ccccc12. The zero-order valence-electron chi connectivity index (χ0n) is 16.0. The monoisotopic (exact) mass is 454 g/mol. The van der Waals surface area contributed by atoms with Gasteiger partial charge < -0.3 is 10.3 Å². The van der Waals surface area contributed by atoms with Crippen molar-refractivity contribution < 1.29 is 9.59 Å². The summed E-state index contributed by atoms with van der Waals surface area (Å²) in [5.74, 6) is -0.208. The molecule has 3 rings (SSSR count). The van der Waals surface area contributed by atoms with Gasteiger partial charge in [-0.15, -0.1) is 0 Å². The van der Waals surface area contributed by atoms with Crippen LogP contribution in [0.2, 0.25) is 0 Å². The van der Waals surface area contributed by atoms with Crippen LogP contribution in [-0.2, 0) is 4.79 Å². The van der Waals surface area contributed by atoms with Gasteiger partial charge in [0.1, 0.15) is 0 Å². The number of amides is 2. The highest BCUT2D eigenvalue weighted by atomic mass is 79.9. The van der Waals surface area contributed by atoms with Gasteiger partial charge in [0.05, 0.1) is 11.8 Å². The van der Waals surface area contributed by atoms with Crippen molar-refractivity contribution >= 4 is 44.9 Å². The van der Waals surface area contributed by atoms with Crippen molar-refractivity contribution in [2.75, 3.05) is 6.54 Å². The number of benzene rings is 2. The van der Waals surface area contributed by atoms with Crippen molar-refractivity contribution in [1.82, 2.24) is 15.7 Å². The lowest BCUT2D eigenvalue weighted by Gasteiger charge is -2.06. The molecule has 1 heterocycles. The quantitative estimate of drug-likeness (QED) is 0.254. The van der Waals surface area contributed by atoms with Gasteiger partial charge in [0.25, 0.3) is 5.91 Å². The van der Waals surface area contributed by atoms with Crippen LogP contribution in [0.3, 0.4) is 0 Å². The minimum absolute atomic E-state index is 0.0955. The molecule has 0 aliphatic rings. The lowest BCUT2D eigenvalue weighted by molar-refractivity contribution is -0.121. The van der Waals surface area contributed by atoms with Gasteiger partial charge in [-0.3, -0.25) is 9.59 Å². The second-order valence-electron chi connectivity index (χ2n) is 6.63. The second-order valence-corrected chi connectivity index (χ2v) is 7.48. The van der Waals surface area contributed by atoms with Crippen LogP contribution in [0.1, 0.15) is 41.6 Å². The Balaban J connectivity index is 1.30. The van der Waals surface area contributed by atoms with Crippen molar-refractivity contribution in [2.45, 2.75) is 25.7 Å².